The van der Waals surface area contributed by atoms with Gasteiger partial charge in [-0.3, -0.25) is 14.9 Å². The Morgan fingerprint density at radius 1 is 0.917 bits per heavy atom. The maximum atomic E-state index is 4.48. The Hall–Kier alpha value is -2.46. The highest BCUT2D eigenvalue weighted by atomic mass is 15.3. The summed E-state index contributed by atoms with van der Waals surface area (Å²) in [4.78, 5) is 13.7. The average Bonchev–Trinajstić information content (AvgIpc) is 2.68. The summed E-state index contributed by atoms with van der Waals surface area (Å²) in [5.74, 6) is 0. The lowest BCUT2D eigenvalue weighted by Crippen LogP contribution is -2.47. The molecule has 1 fully saturated rings. The maximum Gasteiger partial charge on any atom is 0.0722 e. The molecule has 4 rings (SSSR count). The number of anilines is 1. The van der Waals surface area contributed by atoms with Crippen LogP contribution in [-0.2, 0) is 0 Å². The highest BCUT2D eigenvalue weighted by Crippen LogP contribution is 2.28. The zero-order valence-electron chi connectivity index (χ0n) is 14.0. The second-order valence-electron chi connectivity index (χ2n) is 6.33. The summed E-state index contributed by atoms with van der Waals surface area (Å²) in [7, 11) is 0. The lowest BCUT2D eigenvalue weighted by Gasteiger charge is -2.39. The molecule has 0 spiro atoms. The van der Waals surface area contributed by atoms with E-state index in [1.807, 2.05) is 30.7 Å². The molecule has 0 saturated carbocycles. The molecule has 3 aromatic rings. The summed E-state index contributed by atoms with van der Waals surface area (Å²) in [5, 5.41) is 1.24. The van der Waals surface area contributed by atoms with Gasteiger partial charge in [0.05, 0.1) is 5.52 Å². The lowest BCUT2D eigenvalue weighted by atomic mass is 10.1. The molecule has 1 aliphatic rings. The van der Waals surface area contributed by atoms with Gasteiger partial charge < -0.3 is 4.90 Å². The minimum Gasteiger partial charge on any atom is -0.368 e. The zero-order chi connectivity index (χ0) is 16.4. The van der Waals surface area contributed by atoms with E-state index in [0.717, 1.165) is 31.7 Å². The van der Waals surface area contributed by atoms with E-state index < -0.39 is 0 Å². The second-order valence-corrected chi connectivity index (χ2v) is 6.33. The van der Waals surface area contributed by atoms with Crippen LogP contribution in [0.5, 0.6) is 0 Å². The quantitative estimate of drug-likeness (QED) is 0.740. The van der Waals surface area contributed by atoms with E-state index in [0.29, 0.717) is 6.04 Å². The van der Waals surface area contributed by atoms with E-state index in [9.17, 15) is 0 Å². The van der Waals surface area contributed by atoms with E-state index in [4.69, 9.17) is 0 Å². The fourth-order valence-electron chi connectivity index (χ4n) is 3.54. The van der Waals surface area contributed by atoms with Crippen LogP contribution in [0.25, 0.3) is 10.9 Å². The van der Waals surface area contributed by atoms with Crippen molar-refractivity contribution in [1.82, 2.24) is 14.9 Å². The molecule has 0 aliphatic carbocycles. The van der Waals surface area contributed by atoms with Gasteiger partial charge in [-0.15, -0.1) is 0 Å². The molecule has 24 heavy (non-hydrogen) atoms. The van der Waals surface area contributed by atoms with Crippen LogP contribution in [-0.4, -0.2) is 41.0 Å². The molecule has 1 atom stereocenters. The summed E-state index contributed by atoms with van der Waals surface area (Å²) in [6.45, 7) is 6.48. The Balaban J connectivity index is 1.50. The van der Waals surface area contributed by atoms with E-state index in [1.165, 1.54) is 16.6 Å². The van der Waals surface area contributed by atoms with E-state index in [1.54, 1.807) is 0 Å². The highest BCUT2D eigenvalue weighted by molar-refractivity contribution is 5.91. The topological polar surface area (TPSA) is 32.3 Å². The molecule has 1 aromatic carbocycles. The molecule has 1 saturated heterocycles. The summed E-state index contributed by atoms with van der Waals surface area (Å²) in [6, 6.07) is 15.1. The van der Waals surface area contributed by atoms with Gasteiger partial charge in [0.15, 0.2) is 0 Å². The molecule has 2 aromatic heterocycles. The third-order valence-electron chi connectivity index (χ3n) is 5.00. The summed E-state index contributed by atoms with van der Waals surface area (Å²) < 4.78 is 0. The van der Waals surface area contributed by atoms with Crippen LogP contribution < -0.4 is 4.90 Å². The number of benzene rings is 1. The lowest BCUT2D eigenvalue weighted by molar-refractivity contribution is 0.198. The summed E-state index contributed by atoms with van der Waals surface area (Å²) >= 11 is 0. The Kier molecular flexibility index (Phi) is 4.13. The molecule has 0 amide bonds. The molecule has 0 radical (unpaired) electrons. The monoisotopic (exact) mass is 318 g/mol. The summed E-state index contributed by atoms with van der Waals surface area (Å²) in [6.07, 6.45) is 5.73. The number of hydrogen-bond donors (Lipinski definition) is 0. The molecule has 3 heterocycles. The van der Waals surface area contributed by atoms with Crippen molar-refractivity contribution in [1.29, 1.82) is 0 Å². The standard InChI is InChI=1S/C20H22N4/c1-16(17-5-4-9-21-15-17)23-11-13-24(14-12-23)20-8-10-22-19-7-3-2-6-18(19)20/h2-10,15-16H,11-14H2,1H3/t16-/m1/s1. The largest absolute Gasteiger partial charge is 0.368 e. The number of hydrogen-bond acceptors (Lipinski definition) is 4. The van der Waals surface area contributed by atoms with Crippen LogP contribution in [0.3, 0.4) is 0 Å². The average molecular weight is 318 g/mol. The van der Waals surface area contributed by atoms with Gasteiger partial charge in [0.25, 0.3) is 0 Å². The highest BCUT2D eigenvalue weighted by Gasteiger charge is 2.23. The molecule has 0 unspecified atom stereocenters. The second kappa shape index (κ2) is 6.57. The number of piperazine rings is 1. The van der Waals surface area contributed by atoms with E-state index in [2.05, 4.69) is 57.0 Å². The van der Waals surface area contributed by atoms with Crippen molar-refractivity contribution in [3.05, 3.63) is 66.6 Å². The van der Waals surface area contributed by atoms with Gasteiger partial charge in [0.2, 0.25) is 0 Å². The molecule has 4 heteroatoms. The number of pyridine rings is 2. The van der Waals surface area contributed by atoms with Gasteiger partial charge in [0, 0.05) is 61.9 Å². The van der Waals surface area contributed by atoms with Crippen molar-refractivity contribution < 1.29 is 0 Å². The number of para-hydroxylation sites is 1. The van der Waals surface area contributed by atoms with Crippen LogP contribution in [0.2, 0.25) is 0 Å². The van der Waals surface area contributed by atoms with Crippen LogP contribution in [0.4, 0.5) is 5.69 Å². The van der Waals surface area contributed by atoms with E-state index in [-0.39, 0.29) is 0 Å². The number of nitrogens with zero attached hydrogens (tertiary/aromatic N) is 4. The summed E-state index contributed by atoms with van der Waals surface area (Å²) in [5.41, 5.74) is 3.66. The van der Waals surface area contributed by atoms with Crippen molar-refractivity contribution >= 4 is 16.6 Å². The van der Waals surface area contributed by atoms with Gasteiger partial charge >= 0.3 is 0 Å². The van der Waals surface area contributed by atoms with Crippen LogP contribution in [0, 0.1) is 0 Å². The fraction of sp³-hybridized carbons (Fsp3) is 0.300. The number of rotatable bonds is 3. The van der Waals surface area contributed by atoms with Crippen molar-refractivity contribution in [3.8, 4) is 0 Å². The fourth-order valence-corrected chi connectivity index (χ4v) is 3.54. The predicted octanol–water partition coefficient (Wildman–Crippen LogP) is 3.51. The Bertz CT molecular complexity index is 805. The normalized spacial score (nSPS) is 17.1. The zero-order valence-corrected chi connectivity index (χ0v) is 14.0. The first kappa shape index (κ1) is 15.1. The SMILES string of the molecule is C[C@H](c1cccnc1)N1CCN(c2ccnc3ccccc23)CC1. The van der Waals surface area contributed by atoms with E-state index >= 15 is 0 Å². The van der Waals surface area contributed by atoms with Crippen molar-refractivity contribution in [2.45, 2.75) is 13.0 Å². The third kappa shape index (κ3) is 2.85. The molecule has 122 valence electrons. The number of aromatic nitrogens is 2. The van der Waals surface area contributed by atoms with Crippen molar-refractivity contribution in [2.75, 3.05) is 31.1 Å². The molecule has 4 nitrogen and oxygen atoms in total. The Labute approximate surface area is 142 Å². The number of fused-ring (bicyclic) bond motifs is 1. The first-order valence-electron chi connectivity index (χ1n) is 8.55. The van der Waals surface area contributed by atoms with Gasteiger partial charge in [0.1, 0.15) is 0 Å². The minimum atomic E-state index is 0.412. The molecule has 1 aliphatic heterocycles. The predicted molar refractivity (Wildman–Crippen MR) is 98.2 cm³/mol. The van der Waals surface area contributed by atoms with Crippen molar-refractivity contribution in [2.24, 2.45) is 0 Å². The Morgan fingerprint density at radius 2 is 1.75 bits per heavy atom. The molecule has 0 bridgehead atoms. The maximum absolute atomic E-state index is 4.48. The van der Waals surface area contributed by atoms with Crippen LogP contribution in [0.1, 0.15) is 18.5 Å². The molecule has 0 N–H and O–H groups in total. The van der Waals surface area contributed by atoms with Crippen molar-refractivity contribution in [3.63, 3.8) is 0 Å². The molecular weight excluding hydrogens is 296 g/mol. The van der Waals surface area contributed by atoms with Crippen LogP contribution >= 0.6 is 0 Å². The van der Waals surface area contributed by atoms with Crippen LogP contribution in [0.15, 0.2) is 61.1 Å². The molecular formula is C20H22N4. The third-order valence-corrected chi connectivity index (χ3v) is 5.00. The van der Waals surface area contributed by atoms with Gasteiger partial charge in [-0.05, 0) is 30.7 Å². The smallest absolute Gasteiger partial charge is 0.0722 e. The van der Waals surface area contributed by atoms with Gasteiger partial charge in [-0.25, -0.2) is 0 Å². The Morgan fingerprint density at radius 3 is 2.54 bits per heavy atom. The minimum absolute atomic E-state index is 0.412. The first-order chi connectivity index (χ1) is 11.8. The van der Waals surface area contributed by atoms with Gasteiger partial charge in [-0.1, -0.05) is 24.3 Å². The van der Waals surface area contributed by atoms with Gasteiger partial charge in [-0.2, -0.15) is 0 Å². The first-order valence-corrected chi connectivity index (χ1v) is 8.55.